The number of nitro benzene ring substituents is 1. The average molecular weight is 237 g/mol. The van der Waals surface area contributed by atoms with Crippen molar-refractivity contribution in [1.29, 1.82) is 0 Å². The minimum Gasteiger partial charge on any atom is -0.377 e. The van der Waals surface area contributed by atoms with Gasteiger partial charge in [-0.2, -0.15) is 5.06 Å². The van der Waals surface area contributed by atoms with Gasteiger partial charge in [-0.25, -0.2) is 0 Å². The highest BCUT2D eigenvalue weighted by Gasteiger charge is 2.20. The van der Waals surface area contributed by atoms with Crippen LogP contribution in [-0.2, 0) is 0 Å². The van der Waals surface area contributed by atoms with Crippen molar-refractivity contribution < 1.29 is 10.1 Å². The molecule has 0 saturated carbocycles. The van der Waals surface area contributed by atoms with Gasteiger partial charge in [-0.15, -0.1) is 0 Å². The van der Waals surface area contributed by atoms with Crippen LogP contribution >= 0.6 is 0 Å². The summed E-state index contributed by atoms with van der Waals surface area (Å²) in [7, 11) is 0. The van der Waals surface area contributed by atoms with Crippen molar-refractivity contribution in [3.8, 4) is 0 Å². The van der Waals surface area contributed by atoms with Gasteiger partial charge in [0.2, 0.25) is 0 Å². The Morgan fingerprint density at radius 3 is 2.65 bits per heavy atom. The zero-order valence-corrected chi connectivity index (χ0v) is 9.37. The molecule has 0 spiro atoms. The lowest BCUT2D eigenvalue weighted by molar-refractivity contribution is -0.384. The monoisotopic (exact) mass is 237 g/mol. The molecule has 0 unspecified atom stereocenters. The Morgan fingerprint density at radius 1 is 1.35 bits per heavy atom. The van der Waals surface area contributed by atoms with Gasteiger partial charge in [-0.05, 0) is 18.9 Å². The number of nitrogens with one attached hydrogen (secondary N) is 1. The van der Waals surface area contributed by atoms with Gasteiger partial charge in [0, 0.05) is 25.2 Å². The Kier molecular flexibility index (Phi) is 3.55. The summed E-state index contributed by atoms with van der Waals surface area (Å²) in [5.74, 6) is 0. The molecular weight excluding hydrogens is 222 g/mol. The number of nitro groups is 1. The third-order valence-corrected chi connectivity index (χ3v) is 2.93. The number of hydrogen-bond acceptors (Lipinski definition) is 5. The van der Waals surface area contributed by atoms with Crippen molar-refractivity contribution in [2.24, 2.45) is 0 Å². The van der Waals surface area contributed by atoms with E-state index < -0.39 is 0 Å². The minimum atomic E-state index is -0.385. The standard InChI is InChI=1S/C11H15N3O3/c15-13-7-5-9(6-8-13)12-10-3-1-2-4-11(10)14(16)17/h1-4,9,12,15H,5-8H2. The third-order valence-electron chi connectivity index (χ3n) is 2.93. The van der Waals surface area contributed by atoms with E-state index in [4.69, 9.17) is 0 Å². The first kappa shape index (κ1) is 11.8. The Morgan fingerprint density at radius 2 is 2.00 bits per heavy atom. The van der Waals surface area contributed by atoms with Crippen LogP contribution in [0.4, 0.5) is 11.4 Å². The lowest BCUT2D eigenvalue weighted by Crippen LogP contribution is -2.37. The fraction of sp³-hybridized carbons (Fsp3) is 0.455. The van der Waals surface area contributed by atoms with Crippen molar-refractivity contribution in [2.75, 3.05) is 18.4 Å². The molecule has 0 amide bonds. The zero-order valence-electron chi connectivity index (χ0n) is 9.37. The first-order valence-electron chi connectivity index (χ1n) is 5.60. The minimum absolute atomic E-state index is 0.0962. The second-order valence-corrected chi connectivity index (χ2v) is 4.15. The van der Waals surface area contributed by atoms with Crippen LogP contribution in [0.3, 0.4) is 0 Å². The number of para-hydroxylation sites is 2. The molecule has 92 valence electrons. The quantitative estimate of drug-likeness (QED) is 0.619. The molecule has 0 radical (unpaired) electrons. The smallest absolute Gasteiger partial charge is 0.292 e. The molecule has 0 bridgehead atoms. The van der Waals surface area contributed by atoms with E-state index in [0.29, 0.717) is 18.8 Å². The summed E-state index contributed by atoms with van der Waals surface area (Å²) >= 11 is 0. The number of rotatable bonds is 3. The summed E-state index contributed by atoms with van der Waals surface area (Å²) in [6.07, 6.45) is 1.56. The van der Waals surface area contributed by atoms with Gasteiger partial charge in [0.05, 0.1) is 4.92 Å². The molecule has 1 aliphatic heterocycles. The van der Waals surface area contributed by atoms with E-state index in [1.165, 1.54) is 11.1 Å². The van der Waals surface area contributed by atoms with Gasteiger partial charge in [-0.3, -0.25) is 10.1 Å². The predicted molar refractivity (Wildman–Crippen MR) is 63.1 cm³/mol. The van der Waals surface area contributed by atoms with Crippen LogP contribution in [0, 0.1) is 10.1 Å². The van der Waals surface area contributed by atoms with Crippen LogP contribution in [0.1, 0.15) is 12.8 Å². The summed E-state index contributed by atoms with van der Waals surface area (Å²) in [5, 5.41) is 24.5. The van der Waals surface area contributed by atoms with Gasteiger partial charge in [-0.1, -0.05) is 12.1 Å². The zero-order chi connectivity index (χ0) is 12.3. The summed E-state index contributed by atoms with van der Waals surface area (Å²) in [6, 6.07) is 6.81. The van der Waals surface area contributed by atoms with Crippen LogP contribution in [-0.4, -0.2) is 34.3 Å². The summed E-state index contributed by atoms with van der Waals surface area (Å²) in [4.78, 5) is 10.4. The number of benzene rings is 1. The Hall–Kier alpha value is -1.66. The average Bonchev–Trinajstić information content (AvgIpc) is 2.32. The number of nitrogens with zero attached hydrogens (tertiary/aromatic N) is 2. The molecule has 1 aliphatic rings. The Labute approximate surface area is 99.0 Å². The van der Waals surface area contributed by atoms with Crippen LogP contribution in [0.2, 0.25) is 0 Å². The molecule has 1 fully saturated rings. The summed E-state index contributed by atoms with van der Waals surface area (Å²) < 4.78 is 0. The molecule has 2 rings (SSSR count). The van der Waals surface area contributed by atoms with Gasteiger partial charge in [0.1, 0.15) is 5.69 Å². The van der Waals surface area contributed by atoms with E-state index in [0.717, 1.165) is 12.8 Å². The molecule has 6 heteroatoms. The van der Waals surface area contributed by atoms with Gasteiger partial charge >= 0.3 is 0 Å². The molecule has 0 atom stereocenters. The van der Waals surface area contributed by atoms with E-state index in [9.17, 15) is 15.3 Å². The maximum Gasteiger partial charge on any atom is 0.292 e. The van der Waals surface area contributed by atoms with E-state index in [1.807, 2.05) is 0 Å². The van der Waals surface area contributed by atoms with Crippen molar-refractivity contribution >= 4 is 11.4 Å². The molecule has 6 nitrogen and oxygen atoms in total. The number of piperidine rings is 1. The van der Waals surface area contributed by atoms with E-state index >= 15 is 0 Å². The highest BCUT2D eigenvalue weighted by molar-refractivity contribution is 5.61. The van der Waals surface area contributed by atoms with Crippen molar-refractivity contribution in [3.05, 3.63) is 34.4 Å². The molecule has 2 N–H and O–H groups in total. The highest BCUT2D eigenvalue weighted by Crippen LogP contribution is 2.25. The maximum atomic E-state index is 10.8. The molecule has 1 saturated heterocycles. The molecule has 0 aromatic heterocycles. The molecule has 1 aromatic rings. The molecular formula is C11H15N3O3. The molecule has 1 aromatic carbocycles. The van der Waals surface area contributed by atoms with Crippen LogP contribution in [0.25, 0.3) is 0 Å². The number of hydrogen-bond donors (Lipinski definition) is 2. The van der Waals surface area contributed by atoms with Crippen molar-refractivity contribution in [2.45, 2.75) is 18.9 Å². The van der Waals surface area contributed by atoms with Crippen LogP contribution in [0.5, 0.6) is 0 Å². The lowest BCUT2D eigenvalue weighted by atomic mass is 10.1. The molecule has 1 heterocycles. The van der Waals surface area contributed by atoms with Gasteiger partial charge in [0.15, 0.2) is 0 Å². The van der Waals surface area contributed by atoms with Gasteiger partial charge in [0.25, 0.3) is 5.69 Å². The second-order valence-electron chi connectivity index (χ2n) is 4.15. The maximum absolute atomic E-state index is 10.8. The van der Waals surface area contributed by atoms with E-state index in [-0.39, 0.29) is 16.7 Å². The SMILES string of the molecule is O=[N+]([O-])c1ccccc1NC1CCN(O)CC1. The fourth-order valence-electron chi connectivity index (χ4n) is 1.99. The largest absolute Gasteiger partial charge is 0.377 e. The highest BCUT2D eigenvalue weighted by atomic mass is 16.6. The third kappa shape index (κ3) is 2.92. The van der Waals surface area contributed by atoms with Gasteiger partial charge < -0.3 is 10.5 Å². The van der Waals surface area contributed by atoms with Crippen LogP contribution in [0.15, 0.2) is 24.3 Å². The Bertz CT molecular complexity index is 403. The molecule has 0 aliphatic carbocycles. The first-order valence-corrected chi connectivity index (χ1v) is 5.60. The summed E-state index contributed by atoms with van der Waals surface area (Å²) in [6.45, 7) is 1.19. The first-order chi connectivity index (χ1) is 8.16. The van der Waals surface area contributed by atoms with E-state index in [1.54, 1.807) is 18.2 Å². The number of hydroxylamine groups is 2. The van der Waals surface area contributed by atoms with Crippen LogP contribution < -0.4 is 5.32 Å². The topological polar surface area (TPSA) is 78.6 Å². The molecule has 17 heavy (non-hydrogen) atoms. The van der Waals surface area contributed by atoms with Crippen molar-refractivity contribution in [1.82, 2.24) is 5.06 Å². The normalized spacial score (nSPS) is 17.9. The van der Waals surface area contributed by atoms with E-state index in [2.05, 4.69) is 5.32 Å². The second kappa shape index (κ2) is 5.11. The fourth-order valence-corrected chi connectivity index (χ4v) is 1.99. The Balaban J connectivity index is 2.05. The van der Waals surface area contributed by atoms with Crippen molar-refractivity contribution in [3.63, 3.8) is 0 Å². The summed E-state index contributed by atoms with van der Waals surface area (Å²) in [5.41, 5.74) is 0.646. The lowest BCUT2D eigenvalue weighted by Gasteiger charge is -2.28. The predicted octanol–water partition coefficient (Wildman–Crippen LogP) is 1.86. The number of anilines is 1.